The van der Waals surface area contributed by atoms with E-state index >= 15 is 0 Å². The Morgan fingerprint density at radius 2 is 1.48 bits per heavy atom. The lowest BCUT2D eigenvalue weighted by Gasteiger charge is -2.34. The predicted octanol–water partition coefficient (Wildman–Crippen LogP) is 2.88. The summed E-state index contributed by atoms with van der Waals surface area (Å²) in [6.07, 6.45) is 3.26. The number of esters is 1. The van der Waals surface area contributed by atoms with Gasteiger partial charge in [-0.1, -0.05) is 0 Å². The van der Waals surface area contributed by atoms with Crippen LogP contribution < -0.4 is 5.32 Å². The summed E-state index contributed by atoms with van der Waals surface area (Å²) in [5.41, 5.74) is 0. The molecule has 0 aromatic rings. The Kier molecular flexibility index (Phi) is 5.12. The van der Waals surface area contributed by atoms with Gasteiger partial charge in [0.1, 0.15) is 0 Å². The lowest BCUT2D eigenvalue weighted by molar-refractivity contribution is -0.154. The van der Waals surface area contributed by atoms with Crippen molar-refractivity contribution in [3.63, 3.8) is 0 Å². The minimum Gasteiger partial charge on any atom is -0.463 e. The molecule has 2 unspecified atom stereocenters. The highest BCUT2D eigenvalue weighted by atomic mass is 16.6. The zero-order chi connectivity index (χ0) is 15.6. The van der Waals surface area contributed by atoms with Crippen LogP contribution in [0.25, 0.3) is 0 Å². The SMILES string of the molecule is CC(C)OC(=O)NC1C2CCC1CC(C(=O)OC(C)C)C2. The van der Waals surface area contributed by atoms with Crippen molar-refractivity contribution in [2.24, 2.45) is 17.8 Å². The van der Waals surface area contributed by atoms with Crippen LogP contribution >= 0.6 is 0 Å². The molecule has 2 aliphatic carbocycles. The van der Waals surface area contributed by atoms with Crippen molar-refractivity contribution in [1.82, 2.24) is 5.32 Å². The Morgan fingerprint density at radius 3 is 1.95 bits per heavy atom. The van der Waals surface area contributed by atoms with E-state index in [9.17, 15) is 9.59 Å². The van der Waals surface area contributed by atoms with E-state index < -0.39 is 0 Å². The van der Waals surface area contributed by atoms with E-state index in [0.717, 1.165) is 25.7 Å². The van der Waals surface area contributed by atoms with Crippen molar-refractivity contribution in [3.05, 3.63) is 0 Å². The molecule has 0 saturated heterocycles. The smallest absolute Gasteiger partial charge is 0.407 e. The first-order valence-electron chi connectivity index (χ1n) is 8.04. The summed E-state index contributed by atoms with van der Waals surface area (Å²) in [5.74, 6) is 0.649. The number of alkyl carbamates (subject to hydrolysis) is 1. The van der Waals surface area contributed by atoms with E-state index in [4.69, 9.17) is 9.47 Å². The van der Waals surface area contributed by atoms with E-state index in [1.807, 2.05) is 27.7 Å². The molecular weight excluding hydrogens is 270 g/mol. The van der Waals surface area contributed by atoms with Gasteiger partial charge in [0.25, 0.3) is 0 Å². The molecule has 0 aliphatic heterocycles. The largest absolute Gasteiger partial charge is 0.463 e. The number of amides is 1. The minimum atomic E-state index is -0.338. The van der Waals surface area contributed by atoms with Gasteiger partial charge in [-0.25, -0.2) is 4.79 Å². The van der Waals surface area contributed by atoms with Crippen LogP contribution in [0.3, 0.4) is 0 Å². The van der Waals surface area contributed by atoms with Crippen molar-refractivity contribution in [2.45, 2.75) is 71.6 Å². The molecule has 120 valence electrons. The molecular formula is C16H27NO4. The first-order chi connectivity index (χ1) is 9.86. The van der Waals surface area contributed by atoms with Gasteiger partial charge < -0.3 is 14.8 Å². The summed E-state index contributed by atoms with van der Waals surface area (Å²) in [6, 6.07) is 0.152. The Balaban J connectivity index is 1.90. The summed E-state index contributed by atoms with van der Waals surface area (Å²) in [7, 11) is 0. The Bertz CT molecular complexity index is 380. The molecule has 1 amide bonds. The fourth-order valence-corrected chi connectivity index (χ4v) is 3.67. The maximum atomic E-state index is 12.1. The number of nitrogens with one attached hydrogen (secondary N) is 1. The molecule has 0 heterocycles. The second-order valence-electron chi connectivity index (χ2n) is 6.88. The second-order valence-corrected chi connectivity index (χ2v) is 6.88. The van der Waals surface area contributed by atoms with E-state index in [1.54, 1.807) is 0 Å². The molecule has 0 spiro atoms. The van der Waals surface area contributed by atoms with Crippen LogP contribution in [-0.4, -0.2) is 30.3 Å². The normalized spacial score (nSPS) is 31.3. The number of hydrogen-bond acceptors (Lipinski definition) is 4. The van der Waals surface area contributed by atoms with Gasteiger partial charge in [0.15, 0.2) is 0 Å². The number of ether oxygens (including phenoxy) is 2. The molecule has 21 heavy (non-hydrogen) atoms. The van der Waals surface area contributed by atoms with E-state index in [1.165, 1.54) is 0 Å². The van der Waals surface area contributed by atoms with Gasteiger partial charge >= 0.3 is 12.1 Å². The summed E-state index contributed by atoms with van der Waals surface area (Å²) in [4.78, 5) is 23.8. The third-order valence-corrected chi connectivity index (χ3v) is 4.41. The molecule has 2 bridgehead atoms. The van der Waals surface area contributed by atoms with Crippen LogP contribution in [0.15, 0.2) is 0 Å². The van der Waals surface area contributed by atoms with Gasteiger partial charge in [0.2, 0.25) is 0 Å². The lowest BCUT2D eigenvalue weighted by atomic mass is 9.77. The zero-order valence-corrected chi connectivity index (χ0v) is 13.4. The third kappa shape index (κ3) is 4.11. The molecule has 0 aromatic heterocycles. The average Bonchev–Trinajstić information content (AvgIpc) is 2.59. The Hall–Kier alpha value is -1.26. The maximum absolute atomic E-state index is 12.1. The van der Waals surface area contributed by atoms with Crippen LogP contribution in [0.5, 0.6) is 0 Å². The first-order valence-corrected chi connectivity index (χ1v) is 8.04. The van der Waals surface area contributed by atoms with Crippen LogP contribution in [-0.2, 0) is 14.3 Å². The zero-order valence-electron chi connectivity index (χ0n) is 13.4. The molecule has 2 saturated carbocycles. The minimum absolute atomic E-state index is 0.0101. The van der Waals surface area contributed by atoms with Crippen molar-refractivity contribution in [3.8, 4) is 0 Å². The molecule has 2 fully saturated rings. The highest BCUT2D eigenvalue weighted by Gasteiger charge is 2.46. The summed E-state index contributed by atoms with van der Waals surface area (Å²) in [6.45, 7) is 7.43. The van der Waals surface area contributed by atoms with Crippen LogP contribution in [0.1, 0.15) is 53.4 Å². The molecule has 2 atom stereocenters. The molecule has 2 rings (SSSR count). The van der Waals surface area contributed by atoms with Gasteiger partial charge in [-0.15, -0.1) is 0 Å². The van der Waals surface area contributed by atoms with E-state index in [0.29, 0.717) is 11.8 Å². The van der Waals surface area contributed by atoms with Gasteiger partial charge in [0, 0.05) is 6.04 Å². The molecule has 1 N–H and O–H groups in total. The molecule has 5 heteroatoms. The summed E-state index contributed by atoms with van der Waals surface area (Å²) < 4.78 is 10.5. The van der Waals surface area contributed by atoms with Gasteiger partial charge in [0.05, 0.1) is 18.1 Å². The van der Waals surface area contributed by atoms with Crippen molar-refractivity contribution in [2.75, 3.05) is 0 Å². The Morgan fingerprint density at radius 1 is 0.952 bits per heavy atom. The quantitative estimate of drug-likeness (QED) is 0.810. The third-order valence-electron chi connectivity index (χ3n) is 4.41. The molecule has 5 nitrogen and oxygen atoms in total. The predicted molar refractivity (Wildman–Crippen MR) is 78.7 cm³/mol. The van der Waals surface area contributed by atoms with Crippen molar-refractivity contribution < 1.29 is 19.1 Å². The monoisotopic (exact) mass is 297 g/mol. The average molecular weight is 297 g/mol. The van der Waals surface area contributed by atoms with Gasteiger partial charge in [-0.3, -0.25) is 4.79 Å². The number of carbonyl (C=O) groups excluding carboxylic acids is 2. The number of fused-ring (bicyclic) bond motifs is 2. The lowest BCUT2D eigenvalue weighted by Crippen LogP contribution is -2.47. The fraction of sp³-hybridized carbons (Fsp3) is 0.875. The summed E-state index contributed by atoms with van der Waals surface area (Å²) >= 11 is 0. The number of hydrogen-bond donors (Lipinski definition) is 1. The van der Waals surface area contributed by atoms with Crippen LogP contribution in [0, 0.1) is 17.8 Å². The number of carbonyl (C=O) groups is 2. The number of rotatable bonds is 4. The highest BCUT2D eigenvalue weighted by Crippen LogP contribution is 2.45. The van der Waals surface area contributed by atoms with Gasteiger partial charge in [-0.2, -0.15) is 0 Å². The fourth-order valence-electron chi connectivity index (χ4n) is 3.67. The summed E-state index contributed by atoms with van der Waals surface area (Å²) in [5, 5.41) is 3.00. The molecule has 0 aromatic carbocycles. The topological polar surface area (TPSA) is 64.6 Å². The van der Waals surface area contributed by atoms with Crippen LogP contribution in [0.2, 0.25) is 0 Å². The van der Waals surface area contributed by atoms with Crippen LogP contribution in [0.4, 0.5) is 4.79 Å². The maximum Gasteiger partial charge on any atom is 0.407 e. The second kappa shape index (κ2) is 6.67. The molecule has 2 aliphatic rings. The first kappa shape index (κ1) is 16.1. The van der Waals surface area contributed by atoms with E-state index in [-0.39, 0.29) is 36.2 Å². The van der Waals surface area contributed by atoms with Crippen molar-refractivity contribution in [1.29, 1.82) is 0 Å². The standard InChI is InChI=1S/C16H27NO4/c1-9(2)20-15(18)13-7-11-5-6-12(8-13)14(11)17-16(19)21-10(3)4/h9-14H,5-8H2,1-4H3,(H,17,19). The molecule has 0 radical (unpaired) electrons. The Labute approximate surface area is 126 Å². The van der Waals surface area contributed by atoms with E-state index in [2.05, 4.69) is 5.32 Å². The highest BCUT2D eigenvalue weighted by molar-refractivity contribution is 5.73. The van der Waals surface area contributed by atoms with Gasteiger partial charge in [-0.05, 0) is 65.2 Å². The van der Waals surface area contributed by atoms with Crippen molar-refractivity contribution >= 4 is 12.1 Å².